The summed E-state index contributed by atoms with van der Waals surface area (Å²) in [4.78, 5) is 4.24. The van der Waals surface area contributed by atoms with Crippen molar-refractivity contribution in [2.75, 3.05) is 5.43 Å². The van der Waals surface area contributed by atoms with Crippen LogP contribution in [0.3, 0.4) is 0 Å². The number of aromatic nitrogens is 2. The summed E-state index contributed by atoms with van der Waals surface area (Å²) in [5.74, 6) is 0.546. The van der Waals surface area contributed by atoms with Crippen molar-refractivity contribution >= 4 is 17.2 Å². The summed E-state index contributed by atoms with van der Waals surface area (Å²) >= 11 is 0. The smallest absolute Gasteiger partial charge is 0.260 e. The van der Waals surface area contributed by atoms with Gasteiger partial charge in [0, 0.05) is 6.42 Å². The second-order valence-electron chi connectivity index (χ2n) is 4.01. The highest BCUT2D eigenvalue weighted by atomic mass is 16.5. The molecule has 4 N–H and O–H groups in total. The van der Waals surface area contributed by atoms with Crippen LogP contribution in [0.15, 0.2) is 33.9 Å². The van der Waals surface area contributed by atoms with Crippen LogP contribution in [0.1, 0.15) is 12.7 Å². The number of benzene rings is 1. The van der Waals surface area contributed by atoms with Gasteiger partial charge in [0.2, 0.25) is 5.71 Å². The van der Waals surface area contributed by atoms with Crippen LogP contribution in [0.25, 0.3) is 11.5 Å². The van der Waals surface area contributed by atoms with E-state index in [-0.39, 0.29) is 5.71 Å². The standard InChI is InChI=1S/C13H13N7O/c1-2-11-17-13(21-20-11)8-5-3-4-6-9(8)18-19-10(7-14)12(15)16/h3-6,18H,2H2,1H3,(H3,15,16)/b19-10+. The molecule has 0 atom stereocenters. The molecule has 0 spiro atoms. The molecular formula is C13H13N7O. The molecule has 1 aromatic heterocycles. The lowest BCUT2D eigenvalue weighted by atomic mass is 10.2. The van der Waals surface area contributed by atoms with Crippen molar-refractivity contribution in [3.8, 4) is 17.5 Å². The Hall–Kier alpha value is -3.21. The van der Waals surface area contributed by atoms with Gasteiger partial charge in [-0.1, -0.05) is 24.2 Å². The van der Waals surface area contributed by atoms with Crippen LogP contribution in [0.5, 0.6) is 0 Å². The number of aryl methyl sites for hydroxylation is 1. The van der Waals surface area contributed by atoms with Crippen LogP contribution in [0, 0.1) is 16.7 Å². The minimum atomic E-state index is -0.409. The van der Waals surface area contributed by atoms with Crippen LogP contribution in [-0.4, -0.2) is 21.7 Å². The molecule has 1 aromatic carbocycles. The predicted molar refractivity (Wildman–Crippen MR) is 77.7 cm³/mol. The van der Waals surface area contributed by atoms with Gasteiger partial charge in [-0.15, -0.1) is 0 Å². The quantitative estimate of drug-likeness (QED) is 0.432. The highest BCUT2D eigenvalue weighted by Crippen LogP contribution is 2.26. The number of nitrogens with one attached hydrogen (secondary N) is 2. The molecule has 1 heterocycles. The number of nitriles is 1. The van der Waals surface area contributed by atoms with Gasteiger partial charge in [0.1, 0.15) is 6.07 Å². The Morgan fingerprint density at radius 2 is 2.29 bits per heavy atom. The fourth-order valence-corrected chi connectivity index (χ4v) is 1.54. The minimum Gasteiger partial charge on any atom is -0.382 e. The van der Waals surface area contributed by atoms with Gasteiger partial charge in [0.05, 0.1) is 11.3 Å². The number of hydrogen-bond donors (Lipinski definition) is 3. The molecule has 8 nitrogen and oxygen atoms in total. The van der Waals surface area contributed by atoms with E-state index in [0.717, 1.165) is 0 Å². The van der Waals surface area contributed by atoms with Crippen LogP contribution in [0.4, 0.5) is 5.69 Å². The Kier molecular flexibility index (Phi) is 4.26. The van der Waals surface area contributed by atoms with Gasteiger partial charge in [-0.3, -0.25) is 10.8 Å². The molecule has 0 amide bonds. The van der Waals surface area contributed by atoms with E-state index < -0.39 is 5.84 Å². The van der Waals surface area contributed by atoms with Crippen molar-refractivity contribution in [3.05, 3.63) is 30.1 Å². The van der Waals surface area contributed by atoms with Gasteiger partial charge < -0.3 is 10.3 Å². The molecule has 8 heteroatoms. The maximum atomic E-state index is 8.81. The summed E-state index contributed by atoms with van der Waals surface area (Å²) in [5, 5.41) is 23.6. The molecule has 0 saturated carbocycles. The van der Waals surface area contributed by atoms with E-state index in [1.165, 1.54) is 0 Å². The van der Waals surface area contributed by atoms with E-state index in [2.05, 4.69) is 20.7 Å². The zero-order chi connectivity index (χ0) is 15.2. The van der Waals surface area contributed by atoms with Crippen LogP contribution < -0.4 is 11.2 Å². The molecule has 0 unspecified atom stereocenters. The van der Waals surface area contributed by atoms with Crippen LogP contribution >= 0.6 is 0 Å². The summed E-state index contributed by atoms with van der Waals surface area (Å²) in [6.45, 7) is 1.93. The fourth-order valence-electron chi connectivity index (χ4n) is 1.54. The molecule has 0 bridgehead atoms. The van der Waals surface area contributed by atoms with Crippen molar-refractivity contribution in [3.63, 3.8) is 0 Å². The number of nitrogens with zero attached hydrogens (tertiary/aromatic N) is 4. The summed E-state index contributed by atoms with van der Waals surface area (Å²) in [6.07, 6.45) is 0.667. The van der Waals surface area contributed by atoms with Crippen molar-refractivity contribution in [2.45, 2.75) is 13.3 Å². The summed E-state index contributed by atoms with van der Waals surface area (Å²) < 4.78 is 5.18. The number of hydrazone groups is 1. The van der Waals surface area contributed by atoms with Crippen molar-refractivity contribution < 1.29 is 4.52 Å². The number of hydrogen-bond acceptors (Lipinski definition) is 7. The third kappa shape index (κ3) is 3.22. The van der Waals surface area contributed by atoms with E-state index in [0.29, 0.717) is 29.4 Å². The van der Waals surface area contributed by atoms with Gasteiger partial charge >= 0.3 is 0 Å². The van der Waals surface area contributed by atoms with E-state index in [4.69, 9.17) is 20.9 Å². The molecule has 0 radical (unpaired) electrons. The van der Waals surface area contributed by atoms with Crippen molar-refractivity contribution in [1.29, 1.82) is 10.7 Å². The molecule has 2 rings (SSSR count). The molecule has 0 saturated heterocycles. The van der Waals surface area contributed by atoms with Crippen molar-refractivity contribution in [2.24, 2.45) is 10.8 Å². The number of rotatable bonds is 5. The minimum absolute atomic E-state index is 0.204. The summed E-state index contributed by atoms with van der Waals surface area (Å²) in [6, 6.07) is 8.86. The van der Waals surface area contributed by atoms with Gasteiger partial charge in [-0.05, 0) is 12.1 Å². The largest absolute Gasteiger partial charge is 0.382 e. The Bertz CT molecular complexity index is 726. The average Bonchev–Trinajstić information content (AvgIpc) is 2.97. The van der Waals surface area contributed by atoms with E-state index in [1.807, 2.05) is 13.0 Å². The summed E-state index contributed by atoms with van der Waals surface area (Å²) in [5.41, 5.74) is 8.93. The zero-order valence-corrected chi connectivity index (χ0v) is 11.3. The lowest BCUT2D eigenvalue weighted by Crippen LogP contribution is -2.21. The molecule has 0 fully saturated rings. The van der Waals surface area contributed by atoms with Crippen LogP contribution in [-0.2, 0) is 6.42 Å². The second kappa shape index (κ2) is 6.29. The third-order valence-electron chi connectivity index (χ3n) is 2.59. The molecule has 106 valence electrons. The first-order valence-electron chi connectivity index (χ1n) is 6.16. The van der Waals surface area contributed by atoms with Gasteiger partial charge in [-0.25, -0.2) is 0 Å². The third-order valence-corrected chi connectivity index (χ3v) is 2.59. The topological polar surface area (TPSA) is 137 Å². The summed E-state index contributed by atoms with van der Waals surface area (Å²) in [7, 11) is 0. The molecule has 21 heavy (non-hydrogen) atoms. The maximum Gasteiger partial charge on any atom is 0.260 e. The first kappa shape index (κ1) is 14.2. The van der Waals surface area contributed by atoms with E-state index in [9.17, 15) is 0 Å². The predicted octanol–water partition coefficient (Wildman–Crippen LogP) is 1.53. The normalized spacial score (nSPS) is 11.0. The maximum absolute atomic E-state index is 8.81. The first-order chi connectivity index (χ1) is 10.2. The molecule has 0 aliphatic heterocycles. The molecule has 2 aromatic rings. The average molecular weight is 283 g/mol. The SMILES string of the molecule is CCc1noc(-c2ccccc2N/N=C(\C#N)C(=N)N)n1. The van der Waals surface area contributed by atoms with E-state index >= 15 is 0 Å². The molecular weight excluding hydrogens is 270 g/mol. The van der Waals surface area contributed by atoms with Gasteiger partial charge in [-0.2, -0.15) is 15.3 Å². The fraction of sp³-hybridized carbons (Fsp3) is 0.154. The molecule has 0 aliphatic carbocycles. The Balaban J connectivity index is 2.34. The van der Waals surface area contributed by atoms with Crippen molar-refractivity contribution in [1.82, 2.24) is 10.1 Å². The number of anilines is 1. The second-order valence-corrected chi connectivity index (χ2v) is 4.01. The molecule has 0 aliphatic rings. The lowest BCUT2D eigenvalue weighted by Gasteiger charge is -2.05. The number of para-hydroxylation sites is 1. The van der Waals surface area contributed by atoms with Gasteiger partial charge in [0.15, 0.2) is 11.7 Å². The Morgan fingerprint density at radius 1 is 1.52 bits per heavy atom. The lowest BCUT2D eigenvalue weighted by molar-refractivity contribution is 0.423. The number of amidine groups is 1. The van der Waals surface area contributed by atoms with Gasteiger partial charge in [0.25, 0.3) is 5.89 Å². The highest BCUT2D eigenvalue weighted by Gasteiger charge is 2.12. The Labute approximate surface area is 120 Å². The van der Waals surface area contributed by atoms with Crippen LogP contribution in [0.2, 0.25) is 0 Å². The highest BCUT2D eigenvalue weighted by molar-refractivity contribution is 6.45. The monoisotopic (exact) mass is 283 g/mol. The zero-order valence-electron chi connectivity index (χ0n) is 11.3. The Morgan fingerprint density at radius 3 is 2.90 bits per heavy atom. The van der Waals surface area contributed by atoms with E-state index in [1.54, 1.807) is 24.3 Å². The first-order valence-corrected chi connectivity index (χ1v) is 6.16. The number of nitrogens with two attached hydrogens (primary N) is 1.